The van der Waals surface area contributed by atoms with Crippen LogP contribution < -0.4 is 5.73 Å². The zero-order chi connectivity index (χ0) is 13.0. The third-order valence-electron chi connectivity index (χ3n) is 2.94. The van der Waals surface area contributed by atoms with E-state index in [-0.39, 0.29) is 0 Å². The molecule has 0 fully saturated rings. The molecule has 0 amide bonds. The molecular weight excluding hydrogens is 226 g/mol. The molecule has 5 heteroatoms. The minimum Gasteiger partial charge on any atom is -0.330 e. The summed E-state index contributed by atoms with van der Waals surface area (Å²) in [6, 6.07) is 8.35. The molecule has 5 nitrogen and oxygen atoms in total. The summed E-state index contributed by atoms with van der Waals surface area (Å²) >= 11 is 0. The quantitative estimate of drug-likeness (QED) is 0.870. The monoisotopic (exact) mass is 245 g/mol. The van der Waals surface area contributed by atoms with Gasteiger partial charge in [-0.3, -0.25) is 0 Å². The van der Waals surface area contributed by atoms with Crippen molar-refractivity contribution in [1.82, 2.24) is 20.2 Å². The van der Waals surface area contributed by atoms with E-state index in [2.05, 4.69) is 53.6 Å². The fraction of sp³-hybridized carbons (Fsp3) is 0.462. The first-order valence-corrected chi connectivity index (χ1v) is 6.30. The predicted molar refractivity (Wildman–Crippen MR) is 70.6 cm³/mol. The first-order chi connectivity index (χ1) is 8.72. The molecule has 0 aliphatic heterocycles. The molecule has 2 aromatic rings. The second-order valence-corrected chi connectivity index (χ2v) is 4.65. The number of hydrogen-bond acceptors (Lipinski definition) is 4. The first kappa shape index (κ1) is 12.7. The summed E-state index contributed by atoms with van der Waals surface area (Å²) in [5.41, 5.74) is 7.82. The Morgan fingerprint density at radius 2 is 1.94 bits per heavy atom. The summed E-state index contributed by atoms with van der Waals surface area (Å²) in [6.45, 7) is 5.01. The van der Waals surface area contributed by atoms with E-state index in [9.17, 15) is 0 Å². The van der Waals surface area contributed by atoms with Crippen LogP contribution in [0.4, 0.5) is 0 Å². The summed E-state index contributed by atoms with van der Waals surface area (Å²) in [7, 11) is 0. The van der Waals surface area contributed by atoms with Crippen molar-refractivity contribution in [2.45, 2.75) is 32.6 Å². The van der Waals surface area contributed by atoms with Gasteiger partial charge in [0.15, 0.2) is 5.82 Å². The van der Waals surface area contributed by atoms with Gasteiger partial charge in [-0.05, 0) is 47.0 Å². The molecule has 0 radical (unpaired) electrons. The third-order valence-corrected chi connectivity index (χ3v) is 2.94. The molecule has 96 valence electrons. The van der Waals surface area contributed by atoms with Gasteiger partial charge in [0.1, 0.15) is 0 Å². The number of tetrazole rings is 1. The molecule has 0 aliphatic rings. The second kappa shape index (κ2) is 5.73. The van der Waals surface area contributed by atoms with Crippen LogP contribution in [0.3, 0.4) is 0 Å². The van der Waals surface area contributed by atoms with Crippen LogP contribution in [-0.2, 0) is 6.42 Å². The van der Waals surface area contributed by atoms with Crippen molar-refractivity contribution >= 4 is 0 Å². The van der Waals surface area contributed by atoms with Crippen molar-refractivity contribution in [1.29, 1.82) is 0 Å². The van der Waals surface area contributed by atoms with E-state index in [0.717, 1.165) is 24.4 Å². The Morgan fingerprint density at radius 1 is 1.22 bits per heavy atom. The summed E-state index contributed by atoms with van der Waals surface area (Å²) in [5.74, 6) is 1.39. The lowest BCUT2D eigenvalue weighted by Crippen LogP contribution is -2.07. The van der Waals surface area contributed by atoms with Gasteiger partial charge >= 0.3 is 0 Å². The maximum atomic E-state index is 5.51. The van der Waals surface area contributed by atoms with Gasteiger partial charge in [0.2, 0.25) is 0 Å². The van der Waals surface area contributed by atoms with Crippen LogP contribution >= 0.6 is 0 Å². The Bertz CT molecular complexity index is 486. The highest BCUT2D eigenvalue weighted by Crippen LogP contribution is 2.17. The van der Waals surface area contributed by atoms with Crippen molar-refractivity contribution < 1.29 is 0 Å². The van der Waals surface area contributed by atoms with Crippen LogP contribution in [0.1, 0.15) is 37.6 Å². The number of nitrogens with two attached hydrogens (primary N) is 1. The average Bonchev–Trinajstić information content (AvgIpc) is 2.84. The molecule has 0 saturated heterocycles. The molecule has 0 saturated carbocycles. The van der Waals surface area contributed by atoms with Crippen LogP contribution in [0.15, 0.2) is 24.3 Å². The minimum absolute atomic E-state index is 0.532. The highest BCUT2D eigenvalue weighted by atomic mass is 15.5. The molecule has 18 heavy (non-hydrogen) atoms. The van der Waals surface area contributed by atoms with Gasteiger partial charge in [0.25, 0.3) is 0 Å². The number of benzene rings is 1. The lowest BCUT2D eigenvalue weighted by molar-refractivity contribution is 0.725. The van der Waals surface area contributed by atoms with Crippen LogP contribution in [-0.4, -0.2) is 26.8 Å². The van der Waals surface area contributed by atoms with Gasteiger partial charge in [0.05, 0.1) is 5.69 Å². The van der Waals surface area contributed by atoms with E-state index < -0.39 is 0 Å². The molecule has 1 aromatic heterocycles. The number of rotatable bonds is 5. The van der Waals surface area contributed by atoms with E-state index in [1.165, 1.54) is 5.56 Å². The third kappa shape index (κ3) is 2.73. The maximum Gasteiger partial charge on any atom is 0.156 e. The summed E-state index contributed by atoms with van der Waals surface area (Å²) < 4.78 is 1.78. The molecule has 1 aromatic carbocycles. The van der Waals surface area contributed by atoms with E-state index >= 15 is 0 Å². The van der Waals surface area contributed by atoms with E-state index in [0.29, 0.717) is 12.5 Å². The fourth-order valence-corrected chi connectivity index (χ4v) is 1.82. The zero-order valence-corrected chi connectivity index (χ0v) is 10.9. The van der Waals surface area contributed by atoms with Gasteiger partial charge in [-0.2, -0.15) is 4.68 Å². The van der Waals surface area contributed by atoms with Gasteiger partial charge in [-0.15, -0.1) is 5.10 Å². The standard InChI is InChI=1S/C13H19N5/c1-10(2)11-5-7-12(8-6-11)18-13(4-3-9-14)15-16-17-18/h5-8,10H,3-4,9,14H2,1-2H3. The van der Waals surface area contributed by atoms with Crippen molar-refractivity contribution in [2.75, 3.05) is 6.54 Å². The van der Waals surface area contributed by atoms with Crippen LogP contribution in [0.2, 0.25) is 0 Å². The average molecular weight is 245 g/mol. The molecule has 0 unspecified atom stereocenters. The van der Waals surface area contributed by atoms with E-state index in [1.807, 2.05) is 0 Å². The molecule has 0 bridgehead atoms. The largest absolute Gasteiger partial charge is 0.330 e. The number of nitrogens with zero attached hydrogens (tertiary/aromatic N) is 4. The Kier molecular flexibility index (Phi) is 4.04. The Morgan fingerprint density at radius 3 is 2.56 bits per heavy atom. The molecule has 1 heterocycles. The topological polar surface area (TPSA) is 69.6 Å². The summed E-state index contributed by atoms with van der Waals surface area (Å²) in [6.07, 6.45) is 1.69. The minimum atomic E-state index is 0.532. The molecule has 0 aliphatic carbocycles. The SMILES string of the molecule is CC(C)c1ccc(-n2nnnc2CCCN)cc1. The lowest BCUT2D eigenvalue weighted by atomic mass is 10.0. The Hall–Kier alpha value is -1.75. The molecular formula is C13H19N5. The molecule has 0 atom stereocenters. The normalized spacial score (nSPS) is 11.1. The lowest BCUT2D eigenvalue weighted by Gasteiger charge is -2.07. The second-order valence-electron chi connectivity index (χ2n) is 4.65. The van der Waals surface area contributed by atoms with Gasteiger partial charge in [-0.1, -0.05) is 26.0 Å². The van der Waals surface area contributed by atoms with Crippen LogP contribution in [0, 0.1) is 0 Å². The van der Waals surface area contributed by atoms with Gasteiger partial charge in [0, 0.05) is 6.42 Å². The van der Waals surface area contributed by atoms with Crippen LogP contribution in [0.25, 0.3) is 5.69 Å². The van der Waals surface area contributed by atoms with Crippen molar-refractivity contribution in [3.63, 3.8) is 0 Å². The Labute approximate surface area is 107 Å². The Balaban J connectivity index is 2.23. The van der Waals surface area contributed by atoms with Crippen molar-refractivity contribution in [2.24, 2.45) is 5.73 Å². The maximum absolute atomic E-state index is 5.51. The number of aryl methyl sites for hydroxylation is 1. The van der Waals surface area contributed by atoms with Crippen LogP contribution in [0.5, 0.6) is 0 Å². The van der Waals surface area contributed by atoms with Gasteiger partial charge < -0.3 is 5.73 Å². The van der Waals surface area contributed by atoms with E-state index in [1.54, 1.807) is 4.68 Å². The smallest absolute Gasteiger partial charge is 0.156 e. The molecule has 2 N–H and O–H groups in total. The number of aromatic nitrogens is 4. The van der Waals surface area contributed by atoms with Crippen molar-refractivity contribution in [3.8, 4) is 5.69 Å². The first-order valence-electron chi connectivity index (χ1n) is 6.30. The highest BCUT2D eigenvalue weighted by molar-refractivity contribution is 5.35. The summed E-state index contributed by atoms with van der Waals surface area (Å²) in [4.78, 5) is 0. The van der Waals surface area contributed by atoms with Crippen molar-refractivity contribution in [3.05, 3.63) is 35.7 Å². The summed E-state index contributed by atoms with van der Waals surface area (Å²) in [5, 5.41) is 11.8. The highest BCUT2D eigenvalue weighted by Gasteiger charge is 2.08. The zero-order valence-electron chi connectivity index (χ0n) is 10.9. The molecule has 2 rings (SSSR count). The van der Waals surface area contributed by atoms with E-state index in [4.69, 9.17) is 5.73 Å². The van der Waals surface area contributed by atoms with Gasteiger partial charge in [-0.25, -0.2) is 0 Å². The fourth-order valence-electron chi connectivity index (χ4n) is 1.82. The molecule has 0 spiro atoms. The number of hydrogen-bond donors (Lipinski definition) is 1. The predicted octanol–water partition coefficient (Wildman–Crippen LogP) is 1.68.